The minimum Gasteiger partial charge on any atom is -0.323 e. The van der Waals surface area contributed by atoms with Gasteiger partial charge in [-0.05, 0) is 37.5 Å². The highest BCUT2D eigenvalue weighted by Gasteiger charge is 2.47. The molecule has 0 unspecified atom stereocenters. The number of nitrogens with zero attached hydrogens (tertiary/aromatic N) is 2. The van der Waals surface area contributed by atoms with Crippen molar-refractivity contribution < 1.29 is 17.6 Å². The van der Waals surface area contributed by atoms with Crippen molar-refractivity contribution in [3.05, 3.63) is 35.6 Å². The van der Waals surface area contributed by atoms with Gasteiger partial charge in [0.2, 0.25) is 10.0 Å². The van der Waals surface area contributed by atoms with Crippen molar-refractivity contribution in [3.8, 4) is 0 Å². The molecule has 1 spiro atoms. The maximum atomic E-state index is 13.6. The van der Waals surface area contributed by atoms with E-state index in [1.165, 1.54) is 31.4 Å². The summed E-state index contributed by atoms with van der Waals surface area (Å²) in [5.41, 5.74) is 0.356. The molecule has 0 bridgehead atoms. The molecule has 3 rings (SSSR count). The highest BCUT2D eigenvalue weighted by Crippen LogP contribution is 2.45. The number of piperidine rings is 1. The summed E-state index contributed by atoms with van der Waals surface area (Å²) in [7, 11) is -3.25. The molecule has 0 aromatic heterocycles. The van der Waals surface area contributed by atoms with Gasteiger partial charge in [-0.15, -0.1) is 11.8 Å². The molecule has 5 nitrogen and oxygen atoms in total. The van der Waals surface area contributed by atoms with Gasteiger partial charge in [-0.2, -0.15) is 0 Å². The first-order valence-electron chi connectivity index (χ1n) is 11.1. The summed E-state index contributed by atoms with van der Waals surface area (Å²) in [6, 6.07) is 5.80. The van der Waals surface area contributed by atoms with Crippen LogP contribution in [0.25, 0.3) is 0 Å². The SMILES string of the molecule is CCCCCCCCS(=O)(=O)N1CCC2(CC1)SCCN2C(=O)c1cccc(F)c1. The number of amides is 1. The lowest BCUT2D eigenvalue weighted by Gasteiger charge is -2.43. The van der Waals surface area contributed by atoms with E-state index in [1.807, 2.05) is 4.90 Å². The molecular formula is C22H33FN2O3S2. The lowest BCUT2D eigenvalue weighted by atomic mass is 10.0. The molecule has 30 heavy (non-hydrogen) atoms. The van der Waals surface area contributed by atoms with E-state index in [4.69, 9.17) is 0 Å². The number of rotatable bonds is 9. The first kappa shape index (κ1) is 23.5. The van der Waals surface area contributed by atoms with Crippen LogP contribution in [0.4, 0.5) is 4.39 Å². The minimum atomic E-state index is -3.25. The third-order valence-electron chi connectivity index (χ3n) is 6.15. The Kier molecular flexibility index (Phi) is 8.21. The topological polar surface area (TPSA) is 57.7 Å². The summed E-state index contributed by atoms with van der Waals surface area (Å²) in [5.74, 6) is 0.455. The largest absolute Gasteiger partial charge is 0.323 e. The van der Waals surface area contributed by atoms with Gasteiger partial charge in [-0.1, -0.05) is 45.1 Å². The van der Waals surface area contributed by atoms with Gasteiger partial charge in [-0.3, -0.25) is 4.79 Å². The Bertz CT molecular complexity index is 823. The molecule has 1 amide bonds. The molecule has 1 aromatic rings. The summed E-state index contributed by atoms with van der Waals surface area (Å²) >= 11 is 1.73. The first-order chi connectivity index (χ1) is 14.4. The molecule has 2 aliphatic heterocycles. The maximum Gasteiger partial charge on any atom is 0.255 e. The molecule has 0 atom stereocenters. The van der Waals surface area contributed by atoms with Crippen molar-refractivity contribution in [2.75, 3.05) is 31.1 Å². The number of sulfonamides is 1. The van der Waals surface area contributed by atoms with Crippen molar-refractivity contribution in [2.45, 2.75) is 63.2 Å². The van der Waals surface area contributed by atoms with Gasteiger partial charge in [0.15, 0.2) is 0 Å². The minimum absolute atomic E-state index is 0.164. The molecule has 0 saturated carbocycles. The van der Waals surface area contributed by atoms with E-state index in [1.54, 1.807) is 28.2 Å². The van der Waals surface area contributed by atoms with Crippen LogP contribution < -0.4 is 0 Å². The van der Waals surface area contributed by atoms with Crippen LogP contribution in [-0.4, -0.2) is 59.5 Å². The van der Waals surface area contributed by atoms with Gasteiger partial charge in [0, 0.05) is 31.0 Å². The Morgan fingerprint density at radius 2 is 1.80 bits per heavy atom. The lowest BCUT2D eigenvalue weighted by Crippen LogP contribution is -2.53. The molecule has 2 aliphatic rings. The summed E-state index contributed by atoms with van der Waals surface area (Å²) in [6.45, 7) is 3.67. The standard InChI is InChI=1S/C22H33FN2O3S2/c1-2-3-4-5-6-7-17-30(27,28)24-13-11-22(12-14-24)25(15-16-29-22)21(26)19-9-8-10-20(23)18-19/h8-10,18H,2-7,11-17H2,1H3. The van der Waals surface area contributed by atoms with Crippen molar-refractivity contribution in [3.63, 3.8) is 0 Å². The Morgan fingerprint density at radius 1 is 1.10 bits per heavy atom. The predicted molar refractivity (Wildman–Crippen MR) is 121 cm³/mol. The zero-order chi connectivity index (χ0) is 21.6. The fraction of sp³-hybridized carbons (Fsp3) is 0.682. The van der Waals surface area contributed by atoms with Crippen LogP contribution in [0, 0.1) is 5.82 Å². The van der Waals surface area contributed by atoms with Gasteiger partial charge in [0.25, 0.3) is 5.91 Å². The van der Waals surface area contributed by atoms with Crippen LogP contribution in [0.5, 0.6) is 0 Å². The van der Waals surface area contributed by atoms with Crippen LogP contribution in [-0.2, 0) is 10.0 Å². The van der Waals surface area contributed by atoms with E-state index in [-0.39, 0.29) is 16.5 Å². The number of halogens is 1. The van der Waals surface area contributed by atoms with Gasteiger partial charge < -0.3 is 4.90 Å². The monoisotopic (exact) mass is 456 g/mol. The maximum absolute atomic E-state index is 13.6. The smallest absolute Gasteiger partial charge is 0.255 e. The summed E-state index contributed by atoms with van der Waals surface area (Å²) in [4.78, 5) is 14.5. The van der Waals surface area contributed by atoms with Gasteiger partial charge in [0.05, 0.1) is 10.6 Å². The molecule has 2 saturated heterocycles. The van der Waals surface area contributed by atoms with Crippen LogP contribution in [0.15, 0.2) is 24.3 Å². The Balaban J connectivity index is 1.56. The average Bonchev–Trinajstić information content (AvgIpc) is 3.13. The lowest BCUT2D eigenvalue weighted by molar-refractivity contribution is 0.0604. The third-order valence-corrected chi connectivity index (χ3v) is 9.66. The average molecular weight is 457 g/mol. The van der Waals surface area contributed by atoms with E-state index >= 15 is 0 Å². The molecule has 8 heteroatoms. The summed E-state index contributed by atoms with van der Waals surface area (Å²) < 4.78 is 40.7. The number of carbonyl (C=O) groups is 1. The molecule has 2 heterocycles. The van der Waals surface area contributed by atoms with E-state index in [0.29, 0.717) is 44.5 Å². The number of hydrogen-bond donors (Lipinski definition) is 0. The second kappa shape index (κ2) is 10.5. The Hall–Kier alpha value is -1.12. The highest BCUT2D eigenvalue weighted by atomic mass is 32.2. The fourth-order valence-corrected chi connectivity index (χ4v) is 7.42. The van der Waals surface area contributed by atoms with Gasteiger partial charge in [-0.25, -0.2) is 17.1 Å². The Morgan fingerprint density at radius 3 is 2.50 bits per heavy atom. The molecule has 168 valence electrons. The van der Waals surface area contributed by atoms with Crippen molar-refractivity contribution in [1.82, 2.24) is 9.21 Å². The van der Waals surface area contributed by atoms with E-state index in [2.05, 4.69) is 6.92 Å². The second-order valence-electron chi connectivity index (χ2n) is 8.24. The second-order valence-corrected chi connectivity index (χ2v) is 11.8. The molecule has 1 aromatic carbocycles. The Labute approximate surface area is 184 Å². The quantitative estimate of drug-likeness (QED) is 0.514. The third kappa shape index (κ3) is 5.56. The van der Waals surface area contributed by atoms with Crippen LogP contribution >= 0.6 is 11.8 Å². The predicted octanol–water partition coefficient (Wildman–Crippen LogP) is 4.50. The van der Waals surface area contributed by atoms with Crippen molar-refractivity contribution in [1.29, 1.82) is 0 Å². The molecular weight excluding hydrogens is 423 g/mol. The zero-order valence-electron chi connectivity index (χ0n) is 17.8. The number of carbonyl (C=O) groups excluding carboxylic acids is 1. The van der Waals surface area contributed by atoms with Crippen LogP contribution in [0.2, 0.25) is 0 Å². The summed E-state index contributed by atoms with van der Waals surface area (Å²) in [6.07, 6.45) is 7.59. The molecule has 0 aliphatic carbocycles. The van der Waals surface area contributed by atoms with E-state index in [0.717, 1.165) is 18.6 Å². The number of unbranched alkanes of at least 4 members (excludes halogenated alkanes) is 5. The number of benzene rings is 1. The van der Waals surface area contributed by atoms with E-state index in [9.17, 15) is 17.6 Å². The van der Waals surface area contributed by atoms with Gasteiger partial charge in [0.1, 0.15) is 5.82 Å². The van der Waals surface area contributed by atoms with Gasteiger partial charge >= 0.3 is 0 Å². The van der Waals surface area contributed by atoms with Crippen molar-refractivity contribution in [2.24, 2.45) is 0 Å². The number of hydrogen-bond acceptors (Lipinski definition) is 4. The van der Waals surface area contributed by atoms with Crippen LogP contribution in [0.1, 0.15) is 68.6 Å². The normalized spacial score (nSPS) is 19.5. The highest BCUT2D eigenvalue weighted by molar-refractivity contribution is 8.00. The number of thioether (sulfide) groups is 1. The van der Waals surface area contributed by atoms with Crippen molar-refractivity contribution >= 4 is 27.7 Å². The molecule has 0 N–H and O–H groups in total. The summed E-state index contributed by atoms with van der Waals surface area (Å²) in [5, 5.41) is 0. The van der Waals surface area contributed by atoms with E-state index < -0.39 is 15.8 Å². The zero-order valence-corrected chi connectivity index (χ0v) is 19.4. The molecule has 2 fully saturated rings. The fourth-order valence-electron chi connectivity index (χ4n) is 4.39. The first-order valence-corrected chi connectivity index (χ1v) is 13.7. The van der Waals surface area contributed by atoms with Crippen LogP contribution in [0.3, 0.4) is 0 Å². The molecule has 0 radical (unpaired) electrons.